The molecular formula is C17H7F3N2O. The molecular weight excluding hydrogens is 305 g/mol. The van der Waals surface area contributed by atoms with Crippen LogP contribution in [0.3, 0.4) is 0 Å². The third-order valence-electron chi connectivity index (χ3n) is 3.74. The Bertz CT molecular complexity index is 1130. The van der Waals surface area contributed by atoms with Gasteiger partial charge in [-0.15, -0.1) is 0 Å². The Morgan fingerprint density at radius 1 is 1.04 bits per heavy atom. The summed E-state index contributed by atoms with van der Waals surface area (Å²) in [6.45, 7) is 1.67. The zero-order valence-electron chi connectivity index (χ0n) is 11.7. The highest BCUT2D eigenvalue weighted by Gasteiger charge is 2.32. The number of nitrogens with zero attached hydrogens (tertiary/aromatic N) is 2. The van der Waals surface area contributed by atoms with Crippen LogP contribution >= 0.6 is 0 Å². The summed E-state index contributed by atoms with van der Waals surface area (Å²) < 4.78 is 39.3. The van der Waals surface area contributed by atoms with E-state index >= 15 is 0 Å². The van der Waals surface area contributed by atoms with E-state index < -0.39 is 22.7 Å². The maximum absolute atomic E-state index is 13.1. The summed E-state index contributed by atoms with van der Waals surface area (Å²) >= 11 is 0. The van der Waals surface area contributed by atoms with Crippen molar-refractivity contribution in [2.45, 2.75) is 13.1 Å². The number of rotatable bonds is 0. The molecule has 0 saturated carbocycles. The summed E-state index contributed by atoms with van der Waals surface area (Å²) in [5, 5.41) is 18.6. The maximum Gasteiger partial charge on any atom is 0.416 e. The van der Waals surface area contributed by atoms with Crippen LogP contribution < -0.4 is 10.6 Å². The Balaban J connectivity index is 2.74. The fourth-order valence-corrected chi connectivity index (χ4v) is 2.85. The smallest absolute Gasteiger partial charge is 0.288 e. The van der Waals surface area contributed by atoms with E-state index in [4.69, 9.17) is 10.5 Å². The molecule has 0 fully saturated rings. The van der Waals surface area contributed by atoms with E-state index in [0.717, 1.165) is 12.1 Å². The Hall–Kier alpha value is -3.12. The highest BCUT2D eigenvalue weighted by Crippen LogP contribution is 2.35. The van der Waals surface area contributed by atoms with Gasteiger partial charge < -0.3 is 0 Å². The number of hydrogen-bond acceptors (Lipinski definition) is 3. The average Bonchev–Trinajstić information content (AvgIpc) is 2.74. The lowest BCUT2D eigenvalue weighted by atomic mass is 10.0. The highest BCUT2D eigenvalue weighted by molar-refractivity contribution is 6.13. The maximum atomic E-state index is 13.1. The van der Waals surface area contributed by atoms with Gasteiger partial charge in [0.2, 0.25) is 0 Å². The number of benzene rings is 2. The third kappa shape index (κ3) is 2.08. The van der Waals surface area contributed by atoms with E-state index in [0.29, 0.717) is 10.9 Å². The van der Waals surface area contributed by atoms with Gasteiger partial charge in [0.15, 0.2) is 5.43 Å². The van der Waals surface area contributed by atoms with Crippen molar-refractivity contribution in [3.8, 4) is 12.1 Å². The van der Waals surface area contributed by atoms with E-state index in [1.165, 1.54) is 0 Å². The number of hydrogen-bond donors (Lipinski definition) is 0. The van der Waals surface area contributed by atoms with Crippen molar-refractivity contribution in [1.82, 2.24) is 0 Å². The van der Waals surface area contributed by atoms with Crippen LogP contribution in [0.25, 0.3) is 27.1 Å². The van der Waals surface area contributed by atoms with Gasteiger partial charge in [-0.25, -0.2) is 0 Å². The van der Waals surface area contributed by atoms with Crippen molar-refractivity contribution in [3.63, 3.8) is 0 Å². The van der Waals surface area contributed by atoms with Gasteiger partial charge in [0.25, 0.3) is 0 Å². The Kier molecular flexibility index (Phi) is 3.02. The van der Waals surface area contributed by atoms with E-state index in [2.05, 4.69) is 0 Å². The molecule has 0 aromatic heterocycles. The van der Waals surface area contributed by atoms with Crippen LogP contribution in [0.4, 0.5) is 13.2 Å². The summed E-state index contributed by atoms with van der Waals surface area (Å²) in [4.78, 5) is 12.5. The Morgan fingerprint density at radius 2 is 1.70 bits per heavy atom. The van der Waals surface area contributed by atoms with Crippen LogP contribution in [0, 0.1) is 29.6 Å². The van der Waals surface area contributed by atoms with Crippen LogP contribution in [0.15, 0.2) is 29.1 Å². The lowest BCUT2D eigenvalue weighted by Gasteiger charge is -2.09. The Labute approximate surface area is 127 Å². The number of nitriles is 2. The van der Waals surface area contributed by atoms with Gasteiger partial charge in [0.1, 0.15) is 17.7 Å². The zero-order valence-corrected chi connectivity index (χ0v) is 11.7. The van der Waals surface area contributed by atoms with Gasteiger partial charge in [-0.05, 0) is 41.5 Å². The van der Waals surface area contributed by atoms with Crippen molar-refractivity contribution in [1.29, 1.82) is 10.5 Å². The molecule has 3 rings (SSSR count). The summed E-state index contributed by atoms with van der Waals surface area (Å²) in [7, 11) is 0. The first-order chi connectivity index (χ1) is 10.8. The molecule has 0 unspecified atom stereocenters. The van der Waals surface area contributed by atoms with E-state index in [1.54, 1.807) is 31.2 Å². The molecule has 0 saturated heterocycles. The lowest BCUT2D eigenvalue weighted by Crippen LogP contribution is -2.22. The van der Waals surface area contributed by atoms with Gasteiger partial charge in [0.05, 0.1) is 10.8 Å². The van der Waals surface area contributed by atoms with Crippen LogP contribution in [0.2, 0.25) is 0 Å². The molecule has 0 aliphatic carbocycles. The second-order valence-electron chi connectivity index (χ2n) is 5.23. The van der Waals surface area contributed by atoms with Crippen LogP contribution in [0.5, 0.6) is 0 Å². The zero-order chi connectivity index (χ0) is 16.9. The highest BCUT2D eigenvalue weighted by atomic mass is 19.4. The minimum absolute atomic E-state index is 0.00655. The first kappa shape index (κ1) is 14.8. The quantitative estimate of drug-likeness (QED) is 0.641. The minimum Gasteiger partial charge on any atom is -0.288 e. The van der Waals surface area contributed by atoms with Crippen molar-refractivity contribution < 1.29 is 13.2 Å². The summed E-state index contributed by atoms with van der Waals surface area (Å²) in [5.41, 5.74) is -1.36. The molecule has 6 heteroatoms. The molecule has 0 bridgehead atoms. The summed E-state index contributed by atoms with van der Waals surface area (Å²) in [5.74, 6) is 0. The van der Waals surface area contributed by atoms with Crippen molar-refractivity contribution in [2.24, 2.45) is 0 Å². The summed E-state index contributed by atoms with van der Waals surface area (Å²) in [6, 6.07) is 8.09. The monoisotopic (exact) mass is 312 g/mol. The first-order valence-electron chi connectivity index (χ1n) is 6.53. The fraction of sp³-hybridized carbons (Fsp3) is 0.118. The minimum atomic E-state index is -4.59. The van der Waals surface area contributed by atoms with Gasteiger partial charge in [-0.1, -0.05) is 6.07 Å². The first-order valence-corrected chi connectivity index (χ1v) is 6.53. The molecule has 0 aliphatic heterocycles. The van der Waals surface area contributed by atoms with E-state index in [1.807, 2.05) is 0 Å². The molecule has 112 valence electrons. The van der Waals surface area contributed by atoms with Gasteiger partial charge in [-0.3, -0.25) is 4.79 Å². The second kappa shape index (κ2) is 4.69. The van der Waals surface area contributed by atoms with Crippen LogP contribution in [-0.2, 0) is 6.18 Å². The molecule has 0 aliphatic rings. The molecule has 0 spiro atoms. The average molecular weight is 312 g/mol. The number of halogens is 3. The third-order valence-corrected chi connectivity index (χ3v) is 3.74. The molecule has 23 heavy (non-hydrogen) atoms. The van der Waals surface area contributed by atoms with Crippen LogP contribution in [-0.4, -0.2) is 0 Å². The normalized spacial score (nSPS) is 11.6. The molecule has 0 radical (unpaired) electrons. The van der Waals surface area contributed by atoms with E-state index in [-0.39, 0.29) is 21.4 Å². The predicted octanol–water partition coefficient (Wildman–Crippen LogP) is 3.03. The molecule has 0 amide bonds. The van der Waals surface area contributed by atoms with Gasteiger partial charge in [0, 0.05) is 10.8 Å². The molecule has 3 aromatic rings. The van der Waals surface area contributed by atoms with Crippen molar-refractivity contribution in [3.05, 3.63) is 50.8 Å². The van der Waals surface area contributed by atoms with Crippen molar-refractivity contribution >= 4 is 27.1 Å². The molecule has 3 nitrogen and oxygen atoms in total. The van der Waals surface area contributed by atoms with Gasteiger partial charge >= 0.3 is 6.18 Å². The molecule has 0 N–H and O–H groups in total. The predicted molar refractivity (Wildman–Crippen MR) is 78.5 cm³/mol. The van der Waals surface area contributed by atoms with Gasteiger partial charge in [-0.2, -0.15) is 23.7 Å². The molecule has 3 aromatic carbocycles. The molecule has 0 heterocycles. The SMILES string of the molecule is Cc1cc2cc(C(F)(F)F)cc3c(=C(C#N)C#N)c(=O)c(c1)c23. The van der Waals surface area contributed by atoms with Crippen molar-refractivity contribution in [2.75, 3.05) is 0 Å². The molecule has 0 atom stereocenters. The fourth-order valence-electron chi connectivity index (χ4n) is 2.85. The number of aryl methyl sites for hydroxylation is 1. The lowest BCUT2D eigenvalue weighted by molar-refractivity contribution is -0.137. The van der Waals surface area contributed by atoms with E-state index in [9.17, 15) is 18.0 Å². The largest absolute Gasteiger partial charge is 0.416 e. The topological polar surface area (TPSA) is 64.7 Å². The standard InChI is InChI=1S/C17H7F3N2O/c1-8-2-9-4-11(17(18,19)20)5-12-14(9)13(3-8)16(23)15(12)10(6-21)7-22/h2-5H,1H3. The Morgan fingerprint density at radius 3 is 2.26 bits per heavy atom. The summed E-state index contributed by atoms with van der Waals surface area (Å²) in [6.07, 6.45) is -4.59. The van der Waals surface area contributed by atoms with Crippen LogP contribution in [0.1, 0.15) is 11.1 Å². The second-order valence-corrected chi connectivity index (χ2v) is 5.23. The number of alkyl halides is 3.